The van der Waals surface area contributed by atoms with Gasteiger partial charge in [-0.1, -0.05) is 6.92 Å². The monoisotopic (exact) mass is 303 g/mol. The van der Waals surface area contributed by atoms with Gasteiger partial charge in [-0.2, -0.15) is 4.31 Å². The van der Waals surface area contributed by atoms with E-state index in [0.29, 0.717) is 25.2 Å². The second-order valence-electron chi connectivity index (χ2n) is 6.09. The van der Waals surface area contributed by atoms with Crippen LogP contribution in [0.5, 0.6) is 0 Å². The smallest absolute Gasteiger partial charge is 0.214 e. The Kier molecular flexibility index (Phi) is 5.84. The van der Waals surface area contributed by atoms with Crippen LogP contribution < -0.4 is 5.32 Å². The summed E-state index contributed by atoms with van der Waals surface area (Å²) in [5.74, 6) is 0.288. The molecular weight excluding hydrogens is 274 g/mol. The van der Waals surface area contributed by atoms with Crippen molar-refractivity contribution in [3.63, 3.8) is 0 Å². The van der Waals surface area contributed by atoms with Gasteiger partial charge in [-0.25, -0.2) is 8.42 Å². The van der Waals surface area contributed by atoms with Gasteiger partial charge in [-0.05, 0) is 39.2 Å². The molecule has 1 atom stereocenters. The maximum atomic E-state index is 12.3. The fraction of sp³-hybridized carbons (Fsp3) is 1.00. The Labute approximate surface area is 123 Å². The summed E-state index contributed by atoms with van der Waals surface area (Å²) in [6.45, 7) is 8.28. The topological polar surface area (TPSA) is 52.7 Å². The number of nitrogens with one attached hydrogen (secondary N) is 1. The highest BCUT2D eigenvalue weighted by Gasteiger charge is 2.28. The van der Waals surface area contributed by atoms with Crippen molar-refractivity contribution in [2.45, 2.75) is 51.6 Å². The normalized spacial score (nSPS) is 23.9. The molecule has 0 aromatic heterocycles. The molecule has 0 bridgehead atoms. The van der Waals surface area contributed by atoms with Crippen LogP contribution in [0, 0.1) is 0 Å². The van der Waals surface area contributed by atoms with Crippen LogP contribution in [0.15, 0.2) is 0 Å². The quantitative estimate of drug-likeness (QED) is 0.676. The van der Waals surface area contributed by atoms with Crippen molar-refractivity contribution in [3.8, 4) is 0 Å². The summed E-state index contributed by atoms with van der Waals surface area (Å²) in [6.07, 6.45) is 4.36. The molecule has 2 fully saturated rings. The molecular formula is C14H29N3O2S. The van der Waals surface area contributed by atoms with E-state index in [0.717, 1.165) is 32.5 Å². The van der Waals surface area contributed by atoms with Gasteiger partial charge in [0.05, 0.1) is 5.75 Å². The molecule has 0 aromatic rings. The summed E-state index contributed by atoms with van der Waals surface area (Å²) in [4.78, 5) is 2.39. The molecule has 118 valence electrons. The van der Waals surface area contributed by atoms with Crippen molar-refractivity contribution in [1.29, 1.82) is 0 Å². The first-order valence-electron chi connectivity index (χ1n) is 7.98. The van der Waals surface area contributed by atoms with Crippen LogP contribution in [-0.2, 0) is 10.0 Å². The van der Waals surface area contributed by atoms with E-state index in [-0.39, 0.29) is 5.75 Å². The molecule has 0 aromatic carbocycles. The third kappa shape index (κ3) is 4.69. The minimum atomic E-state index is -3.05. The van der Waals surface area contributed by atoms with Crippen LogP contribution in [0.4, 0.5) is 0 Å². The minimum absolute atomic E-state index is 0.288. The number of rotatable bonds is 8. The Morgan fingerprint density at radius 3 is 2.40 bits per heavy atom. The summed E-state index contributed by atoms with van der Waals surface area (Å²) < 4.78 is 26.2. The van der Waals surface area contributed by atoms with Crippen LogP contribution in [0.25, 0.3) is 0 Å². The average Bonchev–Trinajstić information content (AvgIpc) is 3.27. The predicted molar refractivity (Wildman–Crippen MR) is 82.3 cm³/mol. The van der Waals surface area contributed by atoms with E-state index in [1.807, 2.05) is 0 Å². The van der Waals surface area contributed by atoms with E-state index in [1.54, 1.807) is 4.31 Å². The zero-order valence-corrected chi connectivity index (χ0v) is 13.7. The van der Waals surface area contributed by atoms with Gasteiger partial charge in [0.2, 0.25) is 10.0 Å². The number of sulfonamides is 1. The van der Waals surface area contributed by atoms with Crippen molar-refractivity contribution in [2.75, 3.05) is 38.5 Å². The molecule has 1 N–H and O–H groups in total. The highest BCUT2D eigenvalue weighted by molar-refractivity contribution is 7.89. The van der Waals surface area contributed by atoms with E-state index in [9.17, 15) is 8.42 Å². The number of piperazine rings is 1. The molecule has 2 aliphatic rings. The molecule has 0 amide bonds. The van der Waals surface area contributed by atoms with Crippen molar-refractivity contribution in [1.82, 2.24) is 14.5 Å². The average molecular weight is 303 g/mol. The molecule has 1 saturated carbocycles. The zero-order chi connectivity index (χ0) is 14.6. The van der Waals surface area contributed by atoms with E-state index < -0.39 is 10.0 Å². The highest BCUT2D eigenvalue weighted by atomic mass is 32.2. The summed E-state index contributed by atoms with van der Waals surface area (Å²) in [7, 11) is -3.05. The summed E-state index contributed by atoms with van der Waals surface area (Å²) >= 11 is 0. The zero-order valence-electron chi connectivity index (χ0n) is 12.8. The first-order chi connectivity index (χ1) is 9.53. The molecule has 1 aliphatic heterocycles. The molecule has 2 rings (SSSR count). The molecule has 0 spiro atoms. The van der Waals surface area contributed by atoms with Gasteiger partial charge in [-0.15, -0.1) is 0 Å². The van der Waals surface area contributed by atoms with E-state index >= 15 is 0 Å². The lowest BCUT2D eigenvalue weighted by Gasteiger charge is -2.37. The Morgan fingerprint density at radius 1 is 1.20 bits per heavy atom. The fourth-order valence-electron chi connectivity index (χ4n) is 2.66. The molecule has 20 heavy (non-hydrogen) atoms. The maximum Gasteiger partial charge on any atom is 0.214 e. The molecule has 1 heterocycles. The maximum absolute atomic E-state index is 12.3. The molecule has 6 heteroatoms. The number of hydrogen-bond donors (Lipinski definition) is 1. The standard InChI is InChI=1S/C14H29N3O2S/c1-3-13(2)16-8-10-17(11-9-16)20(18,19)12-4-7-15-14-5-6-14/h13-15H,3-12H2,1-2H3. The van der Waals surface area contributed by atoms with Crippen molar-refractivity contribution < 1.29 is 8.42 Å². The van der Waals surface area contributed by atoms with Crippen LogP contribution in [0.2, 0.25) is 0 Å². The van der Waals surface area contributed by atoms with Gasteiger partial charge in [0.15, 0.2) is 0 Å². The fourth-order valence-corrected chi connectivity index (χ4v) is 4.15. The van der Waals surface area contributed by atoms with Gasteiger partial charge in [0, 0.05) is 38.3 Å². The van der Waals surface area contributed by atoms with Crippen LogP contribution in [0.3, 0.4) is 0 Å². The highest BCUT2D eigenvalue weighted by Crippen LogP contribution is 2.18. The second-order valence-corrected chi connectivity index (χ2v) is 8.18. The summed E-state index contributed by atoms with van der Waals surface area (Å²) in [6, 6.07) is 1.22. The third-order valence-electron chi connectivity index (χ3n) is 4.47. The molecule has 1 unspecified atom stereocenters. The molecule has 0 radical (unpaired) electrons. The van der Waals surface area contributed by atoms with Crippen molar-refractivity contribution in [2.24, 2.45) is 0 Å². The Bertz CT molecular complexity index is 387. The lowest BCUT2D eigenvalue weighted by atomic mass is 10.2. The number of nitrogens with zero attached hydrogens (tertiary/aromatic N) is 2. The summed E-state index contributed by atoms with van der Waals surface area (Å²) in [5.41, 5.74) is 0. The van der Waals surface area contributed by atoms with E-state index in [2.05, 4.69) is 24.1 Å². The summed E-state index contributed by atoms with van der Waals surface area (Å²) in [5, 5.41) is 3.37. The lowest BCUT2D eigenvalue weighted by molar-refractivity contribution is 0.142. The Morgan fingerprint density at radius 2 is 1.85 bits per heavy atom. The molecule has 1 saturated heterocycles. The second kappa shape index (κ2) is 7.20. The van der Waals surface area contributed by atoms with E-state index in [1.165, 1.54) is 12.8 Å². The van der Waals surface area contributed by atoms with Gasteiger partial charge in [0.25, 0.3) is 0 Å². The van der Waals surface area contributed by atoms with Crippen molar-refractivity contribution >= 4 is 10.0 Å². The Balaban J connectivity index is 1.70. The third-order valence-corrected chi connectivity index (χ3v) is 6.43. The van der Waals surface area contributed by atoms with Crippen molar-refractivity contribution in [3.05, 3.63) is 0 Å². The van der Waals surface area contributed by atoms with E-state index in [4.69, 9.17) is 0 Å². The predicted octanol–water partition coefficient (Wildman–Crippen LogP) is 0.874. The van der Waals surface area contributed by atoms with Crippen LogP contribution in [-0.4, -0.2) is 68.2 Å². The van der Waals surface area contributed by atoms with Gasteiger partial charge in [-0.3, -0.25) is 4.90 Å². The van der Waals surface area contributed by atoms with Gasteiger partial charge in [0.1, 0.15) is 0 Å². The number of hydrogen-bond acceptors (Lipinski definition) is 4. The minimum Gasteiger partial charge on any atom is -0.314 e. The largest absolute Gasteiger partial charge is 0.314 e. The van der Waals surface area contributed by atoms with Crippen LogP contribution >= 0.6 is 0 Å². The molecule has 1 aliphatic carbocycles. The van der Waals surface area contributed by atoms with Gasteiger partial charge >= 0.3 is 0 Å². The molecule has 5 nitrogen and oxygen atoms in total. The lowest BCUT2D eigenvalue weighted by Crippen LogP contribution is -2.51. The van der Waals surface area contributed by atoms with Crippen LogP contribution in [0.1, 0.15) is 39.5 Å². The van der Waals surface area contributed by atoms with Gasteiger partial charge < -0.3 is 5.32 Å². The first kappa shape index (κ1) is 16.2. The first-order valence-corrected chi connectivity index (χ1v) is 9.59. The SMILES string of the molecule is CCC(C)N1CCN(S(=O)(=O)CCCNC2CC2)CC1. The Hall–Kier alpha value is -0.170.